The van der Waals surface area contributed by atoms with Gasteiger partial charge in [0.1, 0.15) is 26.2 Å². The van der Waals surface area contributed by atoms with Crippen molar-refractivity contribution in [2.45, 2.75) is 119 Å². The van der Waals surface area contributed by atoms with Crippen molar-refractivity contribution in [1.29, 1.82) is 0 Å². The zero-order chi connectivity index (χ0) is 100. The SMILES string of the molecule is C=C1NN=C2c3c(cccc31)CC(c1cccnc1)C2c1ccc(CN(C)C)cc1.CCCc1cccc(C2C3=NCC(=O)c4cccc(c43)NC2c2cccnc2)c1.CCc1cccc(C2C3=NCC(=O)c4cccc(c43)NC2c2cccnc2)c1.CN(C)Cc1cccc(C2C3=NCC(=O)c4cccc(c43)NC2c2ccccn2)c1.CNCc1ccc(C2C3=NCC(=O)c4cccc(c43)NC2c2cccnc2)cc1. The van der Waals surface area contributed by atoms with Crippen LogP contribution in [0.2, 0.25) is 0 Å². The molecule has 10 aromatic carbocycles. The Bertz CT molecular complexity index is 7620. The van der Waals surface area contributed by atoms with E-state index < -0.39 is 0 Å². The predicted octanol–water partition coefficient (Wildman–Crippen LogP) is 21.9. The maximum Gasteiger partial charge on any atom is 0.184 e. The van der Waals surface area contributed by atoms with Crippen LogP contribution >= 0.6 is 0 Å². The van der Waals surface area contributed by atoms with Crippen LogP contribution in [0.5, 0.6) is 0 Å². The van der Waals surface area contributed by atoms with Gasteiger partial charge in [-0.2, -0.15) is 5.10 Å². The number of aryl methyl sites for hydroxylation is 2. The highest BCUT2D eigenvalue weighted by Gasteiger charge is 2.46. The van der Waals surface area contributed by atoms with Crippen molar-refractivity contribution in [3.63, 3.8) is 0 Å². The van der Waals surface area contributed by atoms with Crippen molar-refractivity contribution in [2.75, 3.05) is 82.7 Å². The Morgan fingerprint density at radius 1 is 0.342 bits per heavy atom. The molecule has 0 amide bonds. The third-order valence-corrected chi connectivity index (χ3v) is 29.2. The van der Waals surface area contributed by atoms with E-state index in [4.69, 9.17) is 25.1 Å². The summed E-state index contributed by atoms with van der Waals surface area (Å²) < 4.78 is 0. The molecule has 1 aliphatic carbocycles. The number of carbonyl (C=O) groups excluding carboxylic acids is 4. The third kappa shape index (κ3) is 19.4. The standard InChI is InChI=1S/C26H26N4.C25H24N4O.C25H23N3O.C24H22N4O.C24H21N3O/c1-17-22-8-4-6-20-14-23(21-7-5-13-27-15-21)24(26(25(20)22)29-28-17)19-11-9-18(10-12-19)16-30(2)3;1-29(2)15-16-7-5-8-17(13-16)22-24(20-10-3-4-12-26-20)28-19-11-6-9-18-21(30)14-27-25(22)23(18)19;1-2-6-16-7-3-8-17(13-16)22-24(18-9-5-12-26-14-18)28-20-11-4-10-19-21(29)15-27-25(22)23(19)20;1-25-12-15-7-9-16(10-8-15)21-23(17-4-3-11-26-13-17)28-19-6-2-5-18-20(29)14-27-24(21)22(18)19;1-2-15-6-3-7-16(12-15)21-23(17-8-5-11-25-13-17)27-19-10-4-9-18-20(28)14-26-24(21)22(18)19/h4-13,15,23-24,28H,1,14,16H2,2-3H3;3-13,22,24,28H,14-15H2,1-2H3;3-5,7-14,22,24,28H,2,6,15H2,1H3;2-11,13,21,23,25,28H,12,14H2,1H3;3-13,21,23,27H,2,14H2,1H3. The lowest BCUT2D eigenvalue weighted by Gasteiger charge is -2.38. The molecular formula is C124H116N18O4. The van der Waals surface area contributed by atoms with Crippen LogP contribution < -0.4 is 32.0 Å². The van der Waals surface area contributed by atoms with Gasteiger partial charge in [-0.15, -0.1) is 0 Å². The van der Waals surface area contributed by atoms with Crippen molar-refractivity contribution in [2.24, 2.45) is 25.1 Å². The van der Waals surface area contributed by atoms with Crippen LogP contribution in [-0.4, -0.2) is 148 Å². The minimum absolute atomic E-state index is 0.00425. The minimum atomic E-state index is -0.0597. The number of aromatic nitrogens is 5. The first-order valence-corrected chi connectivity index (χ1v) is 50.5. The second kappa shape index (κ2) is 42.6. The Morgan fingerprint density at radius 2 is 0.726 bits per heavy atom. The molecule has 15 aromatic rings. The van der Waals surface area contributed by atoms with Crippen LogP contribution in [0.4, 0.5) is 22.7 Å². The van der Waals surface area contributed by atoms with Gasteiger partial charge in [0, 0.05) is 166 Å². The molecule has 726 valence electrons. The molecule has 5 aromatic heterocycles. The number of hydrazone groups is 1. The van der Waals surface area contributed by atoms with Gasteiger partial charge in [-0.25, -0.2) is 0 Å². The van der Waals surface area contributed by atoms with Gasteiger partial charge >= 0.3 is 0 Å². The summed E-state index contributed by atoms with van der Waals surface area (Å²) in [6.45, 7) is 12.0. The van der Waals surface area contributed by atoms with Gasteiger partial charge in [0.2, 0.25) is 0 Å². The first-order chi connectivity index (χ1) is 71.5. The summed E-state index contributed by atoms with van der Waals surface area (Å²) in [4.78, 5) is 95.6. The minimum Gasteiger partial charge on any atom is -0.377 e. The molecule has 14 heterocycles. The van der Waals surface area contributed by atoms with E-state index in [1.807, 2.05) is 153 Å². The first kappa shape index (κ1) is 95.8. The van der Waals surface area contributed by atoms with Crippen molar-refractivity contribution in [1.82, 2.24) is 45.5 Å². The number of ketones is 4. The molecule has 0 saturated carbocycles. The van der Waals surface area contributed by atoms with E-state index in [9.17, 15) is 19.2 Å². The molecule has 6 N–H and O–H groups in total. The fraction of sp³-hybridized carbons (Fsp3) is 0.226. The highest BCUT2D eigenvalue weighted by atomic mass is 16.1. The lowest BCUT2D eigenvalue weighted by Crippen LogP contribution is -2.36. The van der Waals surface area contributed by atoms with Gasteiger partial charge in [0.15, 0.2) is 23.1 Å². The highest BCUT2D eigenvalue weighted by molar-refractivity contribution is 6.25. The van der Waals surface area contributed by atoms with Gasteiger partial charge in [0.25, 0.3) is 0 Å². The number of pyridine rings is 5. The molecule has 22 nitrogen and oxygen atoms in total. The number of aliphatic imine (C=N–C) groups is 4. The van der Waals surface area contributed by atoms with Crippen molar-refractivity contribution < 1.29 is 19.2 Å². The van der Waals surface area contributed by atoms with Gasteiger partial charge in [0.05, 0.1) is 87.8 Å². The Labute approximate surface area is 852 Å². The number of hydrogen-bond donors (Lipinski definition) is 6. The van der Waals surface area contributed by atoms with Crippen molar-refractivity contribution in [3.05, 3.63) is 486 Å². The fourth-order valence-electron chi connectivity index (χ4n) is 22.7. The predicted molar refractivity (Wildman–Crippen MR) is 584 cm³/mol. The average molecular weight is 1920 g/mol. The molecule has 9 aliphatic heterocycles. The van der Waals surface area contributed by atoms with Crippen LogP contribution in [0.15, 0.2) is 366 Å². The largest absolute Gasteiger partial charge is 0.377 e. The molecule has 10 unspecified atom stereocenters. The number of benzene rings is 10. The zero-order valence-electron chi connectivity index (χ0n) is 83.0. The van der Waals surface area contributed by atoms with Crippen LogP contribution in [0.3, 0.4) is 0 Å². The zero-order valence-corrected chi connectivity index (χ0v) is 83.0. The van der Waals surface area contributed by atoms with E-state index >= 15 is 0 Å². The van der Waals surface area contributed by atoms with E-state index in [2.05, 4.69) is 285 Å². The maximum absolute atomic E-state index is 12.5. The van der Waals surface area contributed by atoms with Crippen LogP contribution in [0, 0.1) is 0 Å². The summed E-state index contributed by atoms with van der Waals surface area (Å²) >= 11 is 0. The third-order valence-electron chi connectivity index (χ3n) is 29.2. The lowest BCUT2D eigenvalue weighted by atomic mass is 9.67. The van der Waals surface area contributed by atoms with E-state index in [1.165, 1.54) is 72.3 Å². The topological polar surface area (TPSA) is 273 Å². The number of carbonyl (C=O) groups is 4. The monoisotopic (exact) mass is 1920 g/mol. The van der Waals surface area contributed by atoms with Crippen molar-refractivity contribution >= 4 is 80.1 Å². The molecule has 0 radical (unpaired) electrons. The summed E-state index contributed by atoms with van der Waals surface area (Å²) in [5.41, 5.74) is 41.8. The highest BCUT2D eigenvalue weighted by Crippen LogP contribution is 2.52. The van der Waals surface area contributed by atoms with Gasteiger partial charge in [-0.05, 0) is 199 Å². The Morgan fingerprint density at radius 3 is 1.16 bits per heavy atom. The van der Waals surface area contributed by atoms with E-state index in [0.29, 0.717) is 0 Å². The van der Waals surface area contributed by atoms with E-state index in [0.717, 1.165) is 175 Å². The number of rotatable bonds is 19. The number of Topliss-reactive ketones (excluding diaryl/α,β-unsaturated/α-hetero) is 4. The molecular weight excluding hydrogens is 1810 g/mol. The molecule has 10 aliphatic rings. The van der Waals surface area contributed by atoms with Crippen molar-refractivity contribution in [3.8, 4) is 0 Å². The molecule has 0 spiro atoms. The number of nitrogens with zero attached hydrogens (tertiary/aromatic N) is 12. The average Bonchev–Trinajstić information content (AvgIpc) is 0.754. The van der Waals surface area contributed by atoms with Gasteiger partial charge < -0.3 is 36.4 Å². The van der Waals surface area contributed by atoms with Crippen LogP contribution in [0.25, 0.3) is 5.70 Å². The van der Waals surface area contributed by atoms with E-state index in [1.54, 1.807) is 18.6 Å². The molecule has 22 heteroatoms. The number of anilines is 4. The fourth-order valence-corrected chi connectivity index (χ4v) is 22.7. The molecule has 0 saturated heterocycles. The molecule has 0 fully saturated rings. The Balaban J connectivity index is 0.000000107. The number of nitrogens with one attached hydrogen (secondary N) is 6. The Hall–Kier alpha value is -16.4. The van der Waals surface area contributed by atoms with E-state index in [-0.39, 0.29) is 109 Å². The molecule has 10 atom stereocenters. The second-order valence-electron chi connectivity index (χ2n) is 39.3. The summed E-state index contributed by atoms with van der Waals surface area (Å²) in [5, 5.41) is 22.8. The summed E-state index contributed by atoms with van der Waals surface area (Å²) in [6, 6.07) is 96.3. The van der Waals surface area contributed by atoms with Crippen LogP contribution in [0.1, 0.15) is 244 Å². The lowest BCUT2D eigenvalue weighted by molar-refractivity contribution is 0.0992. The summed E-state index contributed by atoms with van der Waals surface area (Å²) in [5.74, 6) is 0.812. The summed E-state index contributed by atoms with van der Waals surface area (Å²) in [6.07, 6.45) is 20.9. The smallest absolute Gasteiger partial charge is 0.184 e. The first-order valence-electron chi connectivity index (χ1n) is 50.5. The maximum atomic E-state index is 12.5. The quantitative estimate of drug-likeness (QED) is 0.0439. The Kier molecular flexibility index (Phi) is 28.0. The molecule has 0 bridgehead atoms. The summed E-state index contributed by atoms with van der Waals surface area (Å²) in [7, 11) is 10.3. The second-order valence-corrected chi connectivity index (χ2v) is 39.3. The van der Waals surface area contributed by atoms with Gasteiger partial charge in [-0.3, -0.25) is 69.5 Å². The molecule has 25 rings (SSSR count). The van der Waals surface area contributed by atoms with Crippen LogP contribution in [-0.2, 0) is 38.9 Å². The number of hydrogen-bond acceptors (Lipinski definition) is 22. The van der Waals surface area contributed by atoms with Gasteiger partial charge in [-0.1, -0.05) is 245 Å². The normalized spacial score (nSPS) is 19.9. The molecule has 146 heavy (non-hydrogen) atoms.